The van der Waals surface area contributed by atoms with Gasteiger partial charge in [0.05, 0.1) is 5.56 Å². The average molecular weight is 201 g/mol. The third-order valence-electron chi connectivity index (χ3n) is 1.42. The molecule has 1 aromatic rings. The van der Waals surface area contributed by atoms with Crippen molar-refractivity contribution in [3.05, 3.63) is 38.7 Å². The number of hydrogen-bond donors (Lipinski definition) is 2. The third kappa shape index (κ3) is 2.91. The average Bonchev–Trinajstić information content (AvgIpc) is 2.09. The van der Waals surface area contributed by atoms with Crippen LogP contribution in [0.1, 0.15) is 12.0 Å². The van der Waals surface area contributed by atoms with Gasteiger partial charge in [-0.1, -0.05) is 12.2 Å². The van der Waals surface area contributed by atoms with E-state index in [9.17, 15) is 9.59 Å². The molecule has 0 saturated heterocycles. The summed E-state index contributed by atoms with van der Waals surface area (Å²) in [6.07, 6.45) is 5.46. The summed E-state index contributed by atoms with van der Waals surface area (Å²) < 4.78 is 0. The lowest BCUT2D eigenvalue weighted by Crippen LogP contribution is -2.22. The molecule has 1 heterocycles. The lowest BCUT2D eigenvalue weighted by molar-refractivity contribution is 1.03. The molecule has 5 heteroatoms. The van der Waals surface area contributed by atoms with Gasteiger partial charge in [0, 0.05) is 12.1 Å². The summed E-state index contributed by atoms with van der Waals surface area (Å²) in [6.45, 7) is 0. The summed E-state index contributed by atoms with van der Waals surface area (Å²) in [5.74, 6) is 0.512. The molecule has 0 aromatic carbocycles. The first-order valence-electron chi connectivity index (χ1n) is 3.78. The second-order valence-corrected chi connectivity index (χ2v) is 2.79. The van der Waals surface area contributed by atoms with E-state index in [0.29, 0.717) is 17.9 Å². The highest BCUT2D eigenvalue weighted by Crippen LogP contribution is 1.93. The molecule has 0 aliphatic rings. The van der Waals surface area contributed by atoms with Crippen LogP contribution in [0.15, 0.2) is 21.9 Å². The summed E-state index contributed by atoms with van der Waals surface area (Å²) in [4.78, 5) is 26.2. The fourth-order valence-electron chi connectivity index (χ4n) is 0.817. The number of rotatable bonds is 3. The summed E-state index contributed by atoms with van der Waals surface area (Å²) in [6, 6.07) is 0. The molecule has 1 aromatic heterocycles. The minimum absolute atomic E-state index is 0.394. The Kier molecular flexibility index (Phi) is 3.52. The highest BCUT2D eigenvalue weighted by Gasteiger charge is 1.93. The summed E-state index contributed by atoms with van der Waals surface area (Å²) in [7, 11) is 0. The van der Waals surface area contributed by atoms with Crippen molar-refractivity contribution in [3.8, 4) is 0 Å². The highest BCUT2D eigenvalue weighted by atomic mass is 35.5. The zero-order chi connectivity index (χ0) is 9.68. The molecule has 0 atom stereocenters. The topological polar surface area (TPSA) is 65.7 Å². The van der Waals surface area contributed by atoms with Crippen molar-refractivity contribution in [1.82, 2.24) is 9.97 Å². The monoisotopic (exact) mass is 200 g/mol. The molecule has 70 valence electrons. The fraction of sp³-hybridized carbons (Fsp3) is 0.250. The van der Waals surface area contributed by atoms with Gasteiger partial charge in [-0.15, -0.1) is 11.6 Å². The highest BCUT2D eigenvalue weighted by molar-refractivity contribution is 6.17. The van der Waals surface area contributed by atoms with E-state index >= 15 is 0 Å². The van der Waals surface area contributed by atoms with Crippen LogP contribution >= 0.6 is 11.6 Å². The molecule has 0 aliphatic heterocycles. The molecule has 0 radical (unpaired) electrons. The van der Waals surface area contributed by atoms with E-state index in [1.54, 1.807) is 12.2 Å². The Bertz CT molecular complexity index is 405. The first kappa shape index (κ1) is 9.80. The van der Waals surface area contributed by atoms with Crippen LogP contribution in [-0.4, -0.2) is 15.8 Å². The van der Waals surface area contributed by atoms with E-state index in [0.717, 1.165) is 0 Å². The van der Waals surface area contributed by atoms with Crippen molar-refractivity contribution in [2.24, 2.45) is 0 Å². The van der Waals surface area contributed by atoms with Gasteiger partial charge in [-0.2, -0.15) is 0 Å². The molecular weight excluding hydrogens is 192 g/mol. The molecule has 1 rings (SSSR count). The van der Waals surface area contributed by atoms with Gasteiger partial charge in [0.25, 0.3) is 5.56 Å². The van der Waals surface area contributed by atoms with Crippen molar-refractivity contribution in [3.63, 3.8) is 0 Å². The third-order valence-corrected chi connectivity index (χ3v) is 1.64. The minimum atomic E-state index is -0.500. The van der Waals surface area contributed by atoms with Crippen LogP contribution in [0.2, 0.25) is 0 Å². The predicted octanol–water partition coefficient (Wildman–Crippen LogP) is 0.705. The van der Waals surface area contributed by atoms with E-state index in [4.69, 9.17) is 11.6 Å². The lowest BCUT2D eigenvalue weighted by atomic mass is 10.3. The van der Waals surface area contributed by atoms with Crippen molar-refractivity contribution >= 4 is 17.7 Å². The van der Waals surface area contributed by atoms with Gasteiger partial charge >= 0.3 is 5.69 Å². The molecule has 0 saturated carbocycles. The molecule has 0 bridgehead atoms. The lowest BCUT2D eigenvalue weighted by Gasteiger charge is -1.89. The number of H-pyrrole nitrogens is 2. The quantitative estimate of drug-likeness (QED) is 0.706. The number of aromatic amines is 2. The number of allylic oxidation sites excluding steroid dienone is 1. The van der Waals surface area contributed by atoms with Crippen molar-refractivity contribution in [1.29, 1.82) is 0 Å². The maximum atomic E-state index is 11.1. The molecule has 0 fully saturated rings. The first-order valence-corrected chi connectivity index (χ1v) is 4.32. The Morgan fingerprint density at radius 1 is 1.46 bits per heavy atom. The van der Waals surface area contributed by atoms with Gasteiger partial charge in [-0.3, -0.25) is 9.78 Å². The largest absolute Gasteiger partial charge is 0.325 e. The number of nitrogens with one attached hydrogen (secondary N) is 2. The smallest absolute Gasteiger partial charge is 0.314 e. The molecule has 4 nitrogen and oxygen atoms in total. The Morgan fingerprint density at radius 2 is 2.23 bits per heavy atom. The van der Waals surface area contributed by atoms with Crippen LogP contribution in [0.25, 0.3) is 6.08 Å². The molecular formula is C8H9ClN2O2. The van der Waals surface area contributed by atoms with Gasteiger partial charge in [-0.05, 0) is 6.42 Å². The normalized spacial score (nSPS) is 10.8. The summed E-state index contributed by atoms with van der Waals surface area (Å²) in [5, 5.41) is 0. The number of alkyl halides is 1. The fourth-order valence-corrected chi connectivity index (χ4v) is 0.943. The van der Waals surface area contributed by atoms with E-state index in [2.05, 4.69) is 9.97 Å². The number of halogens is 1. The summed E-state index contributed by atoms with van der Waals surface area (Å²) in [5.41, 5.74) is -0.473. The second-order valence-electron chi connectivity index (χ2n) is 2.41. The van der Waals surface area contributed by atoms with Crippen molar-refractivity contribution < 1.29 is 0 Å². The maximum absolute atomic E-state index is 11.1. The molecule has 0 unspecified atom stereocenters. The van der Waals surface area contributed by atoms with Crippen LogP contribution in [0.4, 0.5) is 0 Å². The van der Waals surface area contributed by atoms with E-state index < -0.39 is 11.2 Å². The number of hydrogen-bond acceptors (Lipinski definition) is 2. The van der Waals surface area contributed by atoms with Crippen LogP contribution in [0.3, 0.4) is 0 Å². The van der Waals surface area contributed by atoms with Crippen LogP contribution < -0.4 is 11.2 Å². The van der Waals surface area contributed by atoms with Gasteiger partial charge in [0.2, 0.25) is 0 Å². The Balaban J connectivity index is 2.90. The van der Waals surface area contributed by atoms with E-state index in [-0.39, 0.29) is 0 Å². The second kappa shape index (κ2) is 4.67. The zero-order valence-corrected chi connectivity index (χ0v) is 7.60. The van der Waals surface area contributed by atoms with Crippen LogP contribution in [0, 0.1) is 0 Å². The van der Waals surface area contributed by atoms with Crippen LogP contribution in [0.5, 0.6) is 0 Å². The Hall–Kier alpha value is -1.29. The predicted molar refractivity (Wildman–Crippen MR) is 52.1 cm³/mol. The summed E-state index contributed by atoms with van der Waals surface area (Å²) >= 11 is 5.44. The van der Waals surface area contributed by atoms with Gasteiger partial charge < -0.3 is 4.98 Å². The molecule has 0 aliphatic carbocycles. The minimum Gasteiger partial charge on any atom is -0.314 e. The van der Waals surface area contributed by atoms with Gasteiger partial charge in [-0.25, -0.2) is 4.79 Å². The van der Waals surface area contributed by atoms with E-state index in [1.165, 1.54) is 6.20 Å². The zero-order valence-electron chi connectivity index (χ0n) is 6.84. The first-order chi connectivity index (χ1) is 6.24. The van der Waals surface area contributed by atoms with E-state index in [1.807, 2.05) is 0 Å². The molecule has 0 spiro atoms. The molecule has 0 amide bonds. The van der Waals surface area contributed by atoms with Crippen molar-refractivity contribution in [2.75, 3.05) is 5.88 Å². The number of aromatic nitrogens is 2. The van der Waals surface area contributed by atoms with Gasteiger partial charge in [0.1, 0.15) is 0 Å². The SMILES string of the molecule is O=c1[nH]cc(C=CCCCl)c(=O)[nH]1. The Morgan fingerprint density at radius 3 is 2.85 bits per heavy atom. The van der Waals surface area contributed by atoms with Crippen molar-refractivity contribution in [2.45, 2.75) is 6.42 Å². The molecule has 13 heavy (non-hydrogen) atoms. The van der Waals surface area contributed by atoms with Crippen LogP contribution in [-0.2, 0) is 0 Å². The van der Waals surface area contributed by atoms with Gasteiger partial charge in [0.15, 0.2) is 0 Å². The maximum Gasteiger partial charge on any atom is 0.325 e. The molecule has 2 N–H and O–H groups in total. The Labute approximate surface area is 79.3 Å². The standard InChI is InChI=1S/C8H9ClN2O2/c9-4-2-1-3-6-5-10-8(13)11-7(6)12/h1,3,5H,2,4H2,(H2,10,11,12,13).